The molecule has 3 nitrogen and oxygen atoms in total. The minimum atomic E-state index is -0.447. The number of rotatable bonds is 7. The molecule has 1 atom stereocenters. The highest BCUT2D eigenvalue weighted by Gasteiger charge is 2.06. The molecule has 0 saturated heterocycles. The fraction of sp³-hybridized carbons (Fsp3) is 0.889. The van der Waals surface area contributed by atoms with Crippen LogP contribution < -0.4 is 5.32 Å². The van der Waals surface area contributed by atoms with Crippen molar-refractivity contribution in [2.45, 2.75) is 38.0 Å². The first-order valence-corrected chi connectivity index (χ1v) is 5.14. The summed E-state index contributed by atoms with van der Waals surface area (Å²) in [5.41, 5.74) is 0. The number of aliphatic hydroxyl groups is 1. The lowest BCUT2D eigenvalue weighted by Crippen LogP contribution is -2.30. The molecule has 0 heterocycles. The Hall–Kier alpha value is -0.280. The van der Waals surface area contributed by atoms with Gasteiger partial charge in [0.2, 0.25) is 5.91 Å². The largest absolute Gasteiger partial charge is 0.396 e. The van der Waals surface area contributed by atoms with E-state index in [-0.39, 0.29) is 12.5 Å². The Morgan fingerprint density at radius 3 is 2.54 bits per heavy atom. The van der Waals surface area contributed by atoms with Crippen LogP contribution in [-0.2, 0) is 4.79 Å². The molecule has 0 rings (SSSR count). The van der Waals surface area contributed by atoms with Gasteiger partial charge in [0.15, 0.2) is 0 Å². The van der Waals surface area contributed by atoms with E-state index in [1.54, 1.807) is 6.92 Å². The molecule has 1 unspecified atom stereocenters. The summed E-state index contributed by atoms with van der Waals surface area (Å²) in [4.78, 5) is 10.9. The second kappa shape index (κ2) is 8.32. The van der Waals surface area contributed by atoms with Crippen molar-refractivity contribution in [3.05, 3.63) is 0 Å². The molecule has 0 aromatic heterocycles. The Morgan fingerprint density at radius 1 is 1.38 bits per heavy atom. The second-order valence-electron chi connectivity index (χ2n) is 3.04. The zero-order valence-corrected chi connectivity index (χ0v) is 8.81. The molecule has 0 radical (unpaired) electrons. The quantitative estimate of drug-likeness (QED) is 0.488. The van der Waals surface area contributed by atoms with E-state index in [4.69, 9.17) is 16.7 Å². The van der Waals surface area contributed by atoms with Gasteiger partial charge in [-0.05, 0) is 19.8 Å². The van der Waals surface area contributed by atoms with Crippen molar-refractivity contribution < 1.29 is 9.90 Å². The predicted molar refractivity (Wildman–Crippen MR) is 53.9 cm³/mol. The highest BCUT2D eigenvalue weighted by atomic mass is 35.5. The van der Waals surface area contributed by atoms with Crippen LogP contribution in [0.5, 0.6) is 0 Å². The SMILES string of the molecule is CC(Cl)C(=O)NCCCCCCO. The van der Waals surface area contributed by atoms with E-state index in [1.807, 2.05) is 0 Å². The van der Waals surface area contributed by atoms with Crippen LogP contribution in [0.15, 0.2) is 0 Å². The number of hydrogen-bond donors (Lipinski definition) is 2. The molecule has 0 saturated carbocycles. The Balaban J connectivity index is 3.12. The third-order valence-corrected chi connectivity index (χ3v) is 1.94. The molecule has 0 aromatic carbocycles. The third-order valence-electron chi connectivity index (χ3n) is 1.75. The monoisotopic (exact) mass is 207 g/mol. The lowest BCUT2D eigenvalue weighted by molar-refractivity contribution is -0.120. The molecule has 0 aliphatic rings. The van der Waals surface area contributed by atoms with E-state index in [1.165, 1.54) is 0 Å². The Labute approximate surface area is 84.5 Å². The Bertz CT molecular complexity index is 140. The van der Waals surface area contributed by atoms with Gasteiger partial charge in [-0.1, -0.05) is 12.8 Å². The summed E-state index contributed by atoms with van der Waals surface area (Å²) in [6.07, 6.45) is 3.86. The van der Waals surface area contributed by atoms with Crippen LogP contribution in [0.25, 0.3) is 0 Å². The fourth-order valence-electron chi connectivity index (χ4n) is 0.943. The van der Waals surface area contributed by atoms with Crippen LogP contribution in [-0.4, -0.2) is 29.5 Å². The maximum Gasteiger partial charge on any atom is 0.237 e. The van der Waals surface area contributed by atoms with Crippen LogP contribution in [0, 0.1) is 0 Å². The highest BCUT2D eigenvalue weighted by Crippen LogP contribution is 1.98. The number of halogens is 1. The van der Waals surface area contributed by atoms with E-state index < -0.39 is 5.38 Å². The first-order valence-electron chi connectivity index (χ1n) is 4.71. The van der Waals surface area contributed by atoms with Gasteiger partial charge in [-0.3, -0.25) is 4.79 Å². The second-order valence-corrected chi connectivity index (χ2v) is 3.70. The normalized spacial score (nSPS) is 12.5. The van der Waals surface area contributed by atoms with Crippen LogP contribution in [0.1, 0.15) is 32.6 Å². The lowest BCUT2D eigenvalue weighted by Gasteiger charge is -2.05. The molecular formula is C9H18ClNO2. The summed E-state index contributed by atoms with van der Waals surface area (Å²) >= 11 is 5.55. The van der Waals surface area contributed by atoms with Gasteiger partial charge >= 0.3 is 0 Å². The van der Waals surface area contributed by atoms with E-state index in [0.717, 1.165) is 25.7 Å². The van der Waals surface area contributed by atoms with Crippen molar-refractivity contribution >= 4 is 17.5 Å². The van der Waals surface area contributed by atoms with Gasteiger partial charge in [-0.2, -0.15) is 0 Å². The number of carbonyl (C=O) groups excluding carboxylic acids is 1. The van der Waals surface area contributed by atoms with E-state index in [9.17, 15) is 4.79 Å². The molecule has 0 fully saturated rings. The summed E-state index contributed by atoms with van der Waals surface area (Å²) in [6, 6.07) is 0. The van der Waals surface area contributed by atoms with Gasteiger partial charge in [0.05, 0.1) is 0 Å². The molecule has 1 amide bonds. The Morgan fingerprint density at radius 2 is 2.00 bits per heavy atom. The number of aliphatic hydroxyl groups excluding tert-OH is 1. The topological polar surface area (TPSA) is 49.3 Å². The molecule has 0 aromatic rings. The maximum absolute atomic E-state index is 10.9. The smallest absolute Gasteiger partial charge is 0.237 e. The summed E-state index contributed by atoms with van der Waals surface area (Å²) in [6.45, 7) is 2.59. The first-order chi connectivity index (χ1) is 6.18. The van der Waals surface area contributed by atoms with Crippen LogP contribution in [0.2, 0.25) is 0 Å². The van der Waals surface area contributed by atoms with Gasteiger partial charge in [0, 0.05) is 13.2 Å². The number of alkyl halides is 1. The zero-order valence-electron chi connectivity index (χ0n) is 8.05. The number of amides is 1. The lowest BCUT2D eigenvalue weighted by atomic mass is 10.2. The van der Waals surface area contributed by atoms with Crippen molar-refractivity contribution in [3.63, 3.8) is 0 Å². The first kappa shape index (κ1) is 12.7. The molecule has 2 N–H and O–H groups in total. The molecule has 78 valence electrons. The van der Waals surface area contributed by atoms with Crippen molar-refractivity contribution in [2.75, 3.05) is 13.2 Å². The van der Waals surface area contributed by atoms with E-state index >= 15 is 0 Å². The summed E-state index contributed by atoms with van der Waals surface area (Å²) in [5.74, 6) is -0.108. The van der Waals surface area contributed by atoms with Crippen molar-refractivity contribution in [1.29, 1.82) is 0 Å². The summed E-state index contributed by atoms with van der Waals surface area (Å²) < 4.78 is 0. The van der Waals surface area contributed by atoms with Crippen LogP contribution in [0.4, 0.5) is 0 Å². The maximum atomic E-state index is 10.9. The average molecular weight is 208 g/mol. The van der Waals surface area contributed by atoms with Crippen LogP contribution >= 0.6 is 11.6 Å². The molecule has 0 aliphatic carbocycles. The minimum Gasteiger partial charge on any atom is -0.396 e. The molecule has 4 heteroatoms. The average Bonchev–Trinajstić information content (AvgIpc) is 2.10. The van der Waals surface area contributed by atoms with Gasteiger partial charge in [-0.15, -0.1) is 11.6 Å². The molecular weight excluding hydrogens is 190 g/mol. The minimum absolute atomic E-state index is 0.108. The molecule has 0 bridgehead atoms. The molecule has 13 heavy (non-hydrogen) atoms. The number of nitrogens with one attached hydrogen (secondary N) is 1. The fourth-order valence-corrected chi connectivity index (χ4v) is 1.02. The van der Waals surface area contributed by atoms with E-state index in [2.05, 4.69) is 5.32 Å². The van der Waals surface area contributed by atoms with Gasteiger partial charge < -0.3 is 10.4 Å². The standard InChI is InChI=1S/C9H18ClNO2/c1-8(10)9(13)11-6-4-2-3-5-7-12/h8,12H,2-7H2,1H3,(H,11,13). The van der Waals surface area contributed by atoms with Crippen molar-refractivity contribution in [1.82, 2.24) is 5.32 Å². The van der Waals surface area contributed by atoms with Gasteiger partial charge in [-0.25, -0.2) is 0 Å². The molecule has 0 spiro atoms. The highest BCUT2D eigenvalue weighted by molar-refractivity contribution is 6.30. The number of hydrogen-bond acceptors (Lipinski definition) is 2. The molecule has 0 aliphatic heterocycles. The Kier molecular flexibility index (Phi) is 8.14. The van der Waals surface area contributed by atoms with Gasteiger partial charge in [0.25, 0.3) is 0 Å². The van der Waals surface area contributed by atoms with Crippen molar-refractivity contribution in [2.24, 2.45) is 0 Å². The third kappa shape index (κ3) is 8.06. The van der Waals surface area contributed by atoms with Crippen LogP contribution in [0.3, 0.4) is 0 Å². The van der Waals surface area contributed by atoms with Gasteiger partial charge in [0.1, 0.15) is 5.38 Å². The summed E-state index contributed by atoms with van der Waals surface area (Å²) in [5, 5.41) is 10.8. The zero-order chi connectivity index (χ0) is 10.1. The van der Waals surface area contributed by atoms with Crippen molar-refractivity contribution in [3.8, 4) is 0 Å². The summed E-state index contributed by atoms with van der Waals surface area (Å²) in [7, 11) is 0. The van der Waals surface area contributed by atoms with E-state index in [0.29, 0.717) is 6.54 Å². The number of carbonyl (C=O) groups is 1. The predicted octanol–water partition coefficient (Wildman–Crippen LogP) is 1.28. The number of unbranched alkanes of at least 4 members (excludes halogenated alkanes) is 3.